The average molecular weight is 173 g/mol. The van der Waals surface area contributed by atoms with Gasteiger partial charge in [-0.1, -0.05) is 13.8 Å². The van der Waals surface area contributed by atoms with Crippen LogP contribution in [-0.4, -0.2) is 29.5 Å². The summed E-state index contributed by atoms with van der Waals surface area (Å²) < 4.78 is 5.60. The topological polar surface area (TPSA) is 55.5 Å². The molecule has 0 aromatic rings. The van der Waals surface area contributed by atoms with E-state index in [-0.39, 0.29) is 18.2 Å². The zero-order valence-electron chi connectivity index (χ0n) is 8.03. The van der Waals surface area contributed by atoms with Crippen LogP contribution in [0.25, 0.3) is 0 Å². The fraction of sp³-hybridized carbons (Fsp3) is 1.00. The Morgan fingerprint density at radius 1 is 1.50 bits per heavy atom. The van der Waals surface area contributed by atoms with Crippen molar-refractivity contribution in [1.82, 2.24) is 0 Å². The number of rotatable bonds is 1. The van der Waals surface area contributed by atoms with Gasteiger partial charge in [-0.2, -0.15) is 0 Å². The molecule has 0 saturated carbocycles. The second kappa shape index (κ2) is 3.73. The molecule has 1 aliphatic rings. The molecule has 0 radical (unpaired) electrons. The van der Waals surface area contributed by atoms with Crippen molar-refractivity contribution in [1.29, 1.82) is 0 Å². The first-order valence-electron chi connectivity index (χ1n) is 4.61. The Hall–Kier alpha value is -0.120. The van der Waals surface area contributed by atoms with Crippen LogP contribution in [0, 0.1) is 5.92 Å². The number of aliphatic hydroxyl groups excluding tert-OH is 1. The molecule has 1 aliphatic heterocycles. The van der Waals surface area contributed by atoms with E-state index >= 15 is 0 Å². The quantitative estimate of drug-likeness (QED) is 0.607. The van der Waals surface area contributed by atoms with Gasteiger partial charge in [0, 0.05) is 6.04 Å². The summed E-state index contributed by atoms with van der Waals surface area (Å²) in [6.45, 7) is 6.10. The molecule has 1 fully saturated rings. The lowest BCUT2D eigenvalue weighted by molar-refractivity contribution is -0.131. The van der Waals surface area contributed by atoms with Crippen molar-refractivity contribution in [2.75, 3.05) is 0 Å². The molecule has 3 nitrogen and oxygen atoms in total. The number of nitrogens with two attached hydrogens (primary N) is 1. The zero-order valence-corrected chi connectivity index (χ0v) is 8.03. The maximum Gasteiger partial charge on any atom is 0.0950 e. The minimum absolute atomic E-state index is 0.124. The van der Waals surface area contributed by atoms with Gasteiger partial charge in [0.05, 0.1) is 18.3 Å². The van der Waals surface area contributed by atoms with Crippen LogP contribution in [0.3, 0.4) is 0 Å². The summed E-state index contributed by atoms with van der Waals surface area (Å²) in [5.41, 5.74) is 5.77. The fourth-order valence-electron chi connectivity index (χ4n) is 1.60. The summed E-state index contributed by atoms with van der Waals surface area (Å²) in [5, 5.41) is 9.50. The molecule has 12 heavy (non-hydrogen) atoms. The molecule has 4 atom stereocenters. The third-order valence-electron chi connectivity index (χ3n) is 2.56. The molecule has 0 bridgehead atoms. The summed E-state index contributed by atoms with van der Waals surface area (Å²) in [6, 6.07) is -0.124. The predicted molar refractivity (Wildman–Crippen MR) is 47.8 cm³/mol. The molecule has 0 spiro atoms. The fourth-order valence-corrected chi connectivity index (χ4v) is 1.60. The normalized spacial score (nSPS) is 43.5. The van der Waals surface area contributed by atoms with Gasteiger partial charge in [-0.05, 0) is 19.3 Å². The van der Waals surface area contributed by atoms with Crippen molar-refractivity contribution in [2.45, 2.75) is 51.5 Å². The van der Waals surface area contributed by atoms with E-state index < -0.39 is 6.10 Å². The number of hydrogen-bond acceptors (Lipinski definition) is 3. The molecular formula is C9H19NO2. The Kier molecular flexibility index (Phi) is 3.09. The summed E-state index contributed by atoms with van der Waals surface area (Å²) in [4.78, 5) is 0. The van der Waals surface area contributed by atoms with Crippen molar-refractivity contribution in [3.8, 4) is 0 Å². The lowest BCUT2D eigenvalue weighted by Gasteiger charge is -2.38. The van der Waals surface area contributed by atoms with Gasteiger partial charge in [-0.15, -0.1) is 0 Å². The van der Waals surface area contributed by atoms with Gasteiger partial charge in [0.2, 0.25) is 0 Å². The van der Waals surface area contributed by atoms with E-state index in [1.165, 1.54) is 0 Å². The van der Waals surface area contributed by atoms with E-state index in [1.54, 1.807) is 0 Å². The molecule has 0 aliphatic carbocycles. The Balaban J connectivity index is 2.53. The molecular weight excluding hydrogens is 154 g/mol. The van der Waals surface area contributed by atoms with Gasteiger partial charge >= 0.3 is 0 Å². The number of aliphatic hydroxyl groups is 1. The highest BCUT2D eigenvalue weighted by atomic mass is 16.5. The Morgan fingerprint density at radius 2 is 2.08 bits per heavy atom. The van der Waals surface area contributed by atoms with E-state index in [0.29, 0.717) is 5.92 Å². The largest absolute Gasteiger partial charge is 0.389 e. The van der Waals surface area contributed by atoms with Crippen molar-refractivity contribution in [3.05, 3.63) is 0 Å². The summed E-state index contributed by atoms with van der Waals surface area (Å²) in [5.74, 6) is 0.478. The van der Waals surface area contributed by atoms with Gasteiger partial charge < -0.3 is 15.6 Å². The predicted octanol–water partition coefficient (Wildman–Crippen LogP) is 0.508. The van der Waals surface area contributed by atoms with Crippen LogP contribution in [0.4, 0.5) is 0 Å². The Morgan fingerprint density at radius 3 is 2.50 bits per heavy atom. The molecule has 0 aromatic heterocycles. The molecule has 1 heterocycles. The molecule has 0 amide bonds. The highest BCUT2D eigenvalue weighted by Gasteiger charge is 2.33. The monoisotopic (exact) mass is 173 g/mol. The second-order valence-electron chi connectivity index (χ2n) is 4.01. The molecule has 1 saturated heterocycles. The minimum atomic E-state index is -0.500. The number of ether oxygens (including phenoxy) is 1. The first kappa shape index (κ1) is 9.96. The van der Waals surface area contributed by atoms with Crippen molar-refractivity contribution < 1.29 is 9.84 Å². The Labute approximate surface area is 73.9 Å². The van der Waals surface area contributed by atoms with E-state index in [2.05, 4.69) is 13.8 Å². The van der Waals surface area contributed by atoms with E-state index in [1.807, 2.05) is 6.92 Å². The summed E-state index contributed by atoms with van der Waals surface area (Å²) in [6.07, 6.45) is 0.350. The summed E-state index contributed by atoms with van der Waals surface area (Å²) >= 11 is 0. The van der Waals surface area contributed by atoms with Crippen LogP contribution in [0.15, 0.2) is 0 Å². The highest BCUT2D eigenvalue weighted by Crippen LogP contribution is 2.23. The zero-order chi connectivity index (χ0) is 9.30. The third-order valence-corrected chi connectivity index (χ3v) is 2.56. The second-order valence-corrected chi connectivity index (χ2v) is 4.01. The van der Waals surface area contributed by atoms with Gasteiger partial charge in [0.1, 0.15) is 0 Å². The Bertz CT molecular complexity index is 137. The first-order chi connectivity index (χ1) is 5.52. The van der Waals surface area contributed by atoms with E-state index in [0.717, 1.165) is 6.42 Å². The van der Waals surface area contributed by atoms with Crippen LogP contribution in [0.2, 0.25) is 0 Å². The van der Waals surface area contributed by atoms with Crippen LogP contribution >= 0.6 is 0 Å². The molecule has 72 valence electrons. The van der Waals surface area contributed by atoms with E-state index in [4.69, 9.17) is 10.5 Å². The molecule has 3 N–H and O–H groups in total. The standard InChI is InChI=1S/C9H19NO2/c1-5(2)8-4-7(10)9(11)6(3)12-8/h5-9,11H,4,10H2,1-3H3/t6?,7-,8+,9-/m1/s1. The molecule has 3 heteroatoms. The first-order valence-corrected chi connectivity index (χ1v) is 4.61. The lowest BCUT2D eigenvalue weighted by atomic mass is 9.91. The van der Waals surface area contributed by atoms with Crippen molar-refractivity contribution in [2.24, 2.45) is 11.7 Å². The summed E-state index contributed by atoms with van der Waals surface area (Å²) in [7, 11) is 0. The molecule has 1 unspecified atom stereocenters. The maximum atomic E-state index is 9.50. The SMILES string of the molecule is CC(C)[C@@H]1C[C@@H](N)[C@H](O)C(C)O1. The lowest BCUT2D eigenvalue weighted by Crippen LogP contribution is -2.52. The molecule has 0 aromatic carbocycles. The van der Waals surface area contributed by atoms with Crippen LogP contribution < -0.4 is 5.73 Å². The smallest absolute Gasteiger partial charge is 0.0950 e. The van der Waals surface area contributed by atoms with Gasteiger partial charge in [-0.25, -0.2) is 0 Å². The minimum Gasteiger partial charge on any atom is -0.389 e. The van der Waals surface area contributed by atoms with Gasteiger partial charge in [-0.3, -0.25) is 0 Å². The van der Waals surface area contributed by atoms with Crippen molar-refractivity contribution in [3.63, 3.8) is 0 Å². The molecule has 1 rings (SSSR count). The van der Waals surface area contributed by atoms with Crippen molar-refractivity contribution >= 4 is 0 Å². The van der Waals surface area contributed by atoms with Gasteiger partial charge in [0.25, 0.3) is 0 Å². The average Bonchev–Trinajstić information content (AvgIpc) is 1.99. The van der Waals surface area contributed by atoms with Crippen LogP contribution in [-0.2, 0) is 4.74 Å². The maximum absolute atomic E-state index is 9.50. The van der Waals surface area contributed by atoms with E-state index in [9.17, 15) is 5.11 Å². The number of hydrogen-bond donors (Lipinski definition) is 2. The van der Waals surface area contributed by atoms with Gasteiger partial charge in [0.15, 0.2) is 0 Å². The highest BCUT2D eigenvalue weighted by molar-refractivity contribution is 4.86. The van der Waals surface area contributed by atoms with Crippen LogP contribution in [0.5, 0.6) is 0 Å². The van der Waals surface area contributed by atoms with Crippen LogP contribution in [0.1, 0.15) is 27.2 Å². The third kappa shape index (κ3) is 1.97.